The molecule has 0 fully saturated rings. The van der Waals surface area contributed by atoms with E-state index in [1.54, 1.807) is 6.08 Å². The van der Waals surface area contributed by atoms with Crippen molar-refractivity contribution in [1.82, 2.24) is 0 Å². The molecule has 0 saturated carbocycles. The quantitative estimate of drug-likeness (QED) is 0.716. The molecule has 0 unspecified atom stereocenters. The second kappa shape index (κ2) is 5.82. The van der Waals surface area contributed by atoms with Gasteiger partial charge in [-0.2, -0.15) is 8.42 Å². The molecule has 1 aromatic rings. The second-order valence-corrected chi connectivity index (χ2v) is 5.33. The summed E-state index contributed by atoms with van der Waals surface area (Å²) >= 11 is 0. The highest BCUT2D eigenvalue weighted by atomic mass is 32.2. The molecule has 0 N–H and O–H groups in total. The molecule has 4 heteroatoms. The van der Waals surface area contributed by atoms with E-state index in [2.05, 4.69) is 10.8 Å². The first-order chi connectivity index (χ1) is 7.57. The van der Waals surface area contributed by atoms with Crippen molar-refractivity contribution in [2.24, 2.45) is 0 Å². The summed E-state index contributed by atoms with van der Waals surface area (Å²) in [6.45, 7) is 3.67. The topological polar surface area (TPSA) is 43.4 Å². The lowest BCUT2D eigenvalue weighted by Crippen LogP contribution is -2.08. The second-order valence-electron chi connectivity index (χ2n) is 3.48. The highest BCUT2D eigenvalue weighted by Gasteiger charge is 2.07. The average molecular weight is 240 g/mol. The van der Waals surface area contributed by atoms with Crippen molar-refractivity contribution in [3.05, 3.63) is 42.0 Å². The standard InChI is InChI=1S/C12H16O3S/c1-3-11-6-8-12(9-7-11)5-4-10-16(13,14)15-2/h3,6-9H,1,4-5,10H2,2H3. The van der Waals surface area contributed by atoms with Gasteiger partial charge in [0.25, 0.3) is 10.1 Å². The predicted molar refractivity (Wildman–Crippen MR) is 65.6 cm³/mol. The molecule has 0 saturated heterocycles. The molecule has 0 aliphatic heterocycles. The Bertz CT molecular complexity index is 432. The van der Waals surface area contributed by atoms with E-state index < -0.39 is 10.1 Å². The van der Waals surface area contributed by atoms with Crippen LogP contribution in [0.15, 0.2) is 30.8 Å². The zero-order valence-electron chi connectivity index (χ0n) is 9.35. The highest BCUT2D eigenvalue weighted by molar-refractivity contribution is 7.86. The molecule has 0 radical (unpaired) electrons. The van der Waals surface area contributed by atoms with Crippen molar-refractivity contribution in [2.75, 3.05) is 12.9 Å². The van der Waals surface area contributed by atoms with Gasteiger partial charge >= 0.3 is 0 Å². The lowest BCUT2D eigenvalue weighted by atomic mass is 10.1. The Morgan fingerprint density at radius 1 is 1.31 bits per heavy atom. The summed E-state index contributed by atoms with van der Waals surface area (Å²) in [6, 6.07) is 7.90. The first kappa shape index (κ1) is 12.9. The summed E-state index contributed by atoms with van der Waals surface area (Å²) in [5.74, 6) is 0.0622. The summed E-state index contributed by atoms with van der Waals surface area (Å²) in [5, 5.41) is 0. The van der Waals surface area contributed by atoms with Gasteiger partial charge in [-0.3, -0.25) is 4.18 Å². The van der Waals surface area contributed by atoms with Crippen molar-refractivity contribution in [1.29, 1.82) is 0 Å². The smallest absolute Gasteiger partial charge is 0.267 e. The number of rotatable bonds is 6. The summed E-state index contributed by atoms with van der Waals surface area (Å²) in [6.07, 6.45) is 3.09. The molecule has 0 bridgehead atoms. The van der Waals surface area contributed by atoms with Gasteiger partial charge in [-0.05, 0) is 24.0 Å². The first-order valence-corrected chi connectivity index (χ1v) is 6.65. The van der Waals surface area contributed by atoms with Gasteiger partial charge in [-0.15, -0.1) is 0 Å². The van der Waals surface area contributed by atoms with E-state index in [1.165, 1.54) is 7.11 Å². The monoisotopic (exact) mass is 240 g/mol. The van der Waals surface area contributed by atoms with Crippen molar-refractivity contribution >= 4 is 16.2 Å². The van der Waals surface area contributed by atoms with Crippen LogP contribution in [-0.4, -0.2) is 21.3 Å². The molecule has 0 aromatic heterocycles. The third-order valence-electron chi connectivity index (χ3n) is 2.33. The molecule has 1 aromatic carbocycles. The van der Waals surface area contributed by atoms with E-state index in [9.17, 15) is 8.42 Å². The molecule has 0 spiro atoms. The van der Waals surface area contributed by atoms with Gasteiger partial charge in [0.15, 0.2) is 0 Å². The van der Waals surface area contributed by atoms with Crippen LogP contribution in [0, 0.1) is 0 Å². The molecular formula is C12H16O3S. The lowest BCUT2D eigenvalue weighted by molar-refractivity contribution is 0.397. The maximum Gasteiger partial charge on any atom is 0.267 e. The molecule has 16 heavy (non-hydrogen) atoms. The fourth-order valence-corrected chi connectivity index (χ4v) is 2.02. The van der Waals surface area contributed by atoms with Gasteiger partial charge in [0.2, 0.25) is 0 Å². The van der Waals surface area contributed by atoms with Gasteiger partial charge in [0.05, 0.1) is 12.9 Å². The summed E-state index contributed by atoms with van der Waals surface area (Å²) in [4.78, 5) is 0. The van der Waals surface area contributed by atoms with Crippen molar-refractivity contribution in [3.63, 3.8) is 0 Å². The SMILES string of the molecule is C=Cc1ccc(CCCS(=O)(=O)OC)cc1. The van der Waals surface area contributed by atoms with Crippen LogP contribution in [0.25, 0.3) is 6.08 Å². The van der Waals surface area contributed by atoms with Crippen molar-refractivity contribution in [3.8, 4) is 0 Å². The summed E-state index contributed by atoms with van der Waals surface area (Å²) in [7, 11) is -2.13. The van der Waals surface area contributed by atoms with E-state index in [0.717, 1.165) is 17.5 Å². The fourth-order valence-electron chi connectivity index (χ4n) is 1.36. The lowest BCUT2D eigenvalue weighted by Gasteiger charge is -2.02. The minimum Gasteiger partial charge on any atom is -0.273 e. The van der Waals surface area contributed by atoms with E-state index in [0.29, 0.717) is 6.42 Å². The van der Waals surface area contributed by atoms with Crippen LogP contribution in [0.4, 0.5) is 0 Å². The van der Waals surface area contributed by atoms with Crippen LogP contribution in [0.3, 0.4) is 0 Å². The van der Waals surface area contributed by atoms with E-state index >= 15 is 0 Å². The molecule has 0 aliphatic carbocycles. The molecule has 0 atom stereocenters. The van der Waals surface area contributed by atoms with Crippen molar-refractivity contribution in [2.45, 2.75) is 12.8 Å². The third kappa shape index (κ3) is 4.16. The minimum absolute atomic E-state index is 0.0622. The fraction of sp³-hybridized carbons (Fsp3) is 0.333. The highest BCUT2D eigenvalue weighted by Crippen LogP contribution is 2.08. The summed E-state index contributed by atoms with van der Waals surface area (Å²) < 4.78 is 26.5. The Hall–Kier alpha value is -1.13. The van der Waals surface area contributed by atoms with Crippen molar-refractivity contribution < 1.29 is 12.6 Å². The van der Waals surface area contributed by atoms with Gasteiger partial charge in [0, 0.05) is 0 Å². The largest absolute Gasteiger partial charge is 0.273 e. The molecule has 0 aliphatic rings. The Morgan fingerprint density at radius 3 is 2.44 bits per heavy atom. The number of benzene rings is 1. The van der Waals surface area contributed by atoms with E-state index in [-0.39, 0.29) is 5.75 Å². The zero-order valence-corrected chi connectivity index (χ0v) is 10.2. The van der Waals surface area contributed by atoms with Crippen LogP contribution in [0.1, 0.15) is 17.5 Å². The van der Waals surface area contributed by atoms with Crippen LogP contribution in [0.5, 0.6) is 0 Å². The van der Waals surface area contributed by atoms with Gasteiger partial charge in [-0.1, -0.05) is 36.9 Å². The molecule has 0 heterocycles. The molecular weight excluding hydrogens is 224 g/mol. The Balaban J connectivity index is 2.46. The maximum atomic E-state index is 11.1. The number of aryl methyl sites for hydroxylation is 1. The first-order valence-electron chi connectivity index (χ1n) is 5.07. The third-order valence-corrected chi connectivity index (χ3v) is 3.63. The van der Waals surface area contributed by atoms with Crippen LogP contribution < -0.4 is 0 Å². The average Bonchev–Trinajstić information content (AvgIpc) is 2.30. The van der Waals surface area contributed by atoms with E-state index in [4.69, 9.17) is 0 Å². The molecule has 3 nitrogen and oxygen atoms in total. The zero-order chi connectivity index (χ0) is 12.0. The van der Waals surface area contributed by atoms with Crippen LogP contribution in [0.2, 0.25) is 0 Å². The molecule has 0 amide bonds. The van der Waals surface area contributed by atoms with Gasteiger partial charge in [-0.25, -0.2) is 0 Å². The molecule has 88 valence electrons. The number of hydrogen-bond acceptors (Lipinski definition) is 3. The Kier molecular flexibility index (Phi) is 4.71. The van der Waals surface area contributed by atoms with Gasteiger partial charge < -0.3 is 0 Å². The minimum atomic E-state index is -3.32. The maximum absolute atomic E-state index is 11.1. The van der Waals surface area contributed by atoms with Gasteiger partial charge in [0.1, 0.15) is 0 Å². The van der Waals surface area contributed by atoms with Crippen LogP contribution in [-0.2, 0) is 20.7 Å². The molecule has 1 rings (SSSR count). The summed E-state index contributed by atoms with van der Waals surface area (Å²) in [5.41, 5.74) is 2.19. The Morgan fingerprint density at radius 2 is 1.94 bits per heavy atom. The van der Waals surface area contributed by atoms with E-state index in [1.807, 2.05) is 24.3 Å². The normalized spacial score (nSPS) is 11.3. The number of hydrogen-bond donors (Lipinski definition) is 0. The Labute approximate surface area is 96.9 Å². The predicted octanol–water partition coefficient (Wildman–Crippen LogP) is 2.24. The van der Waals surface area contributed by atoms with Crippen LogP contribution >= 0.6 is 0 Å².